The third kappa shape index (κ3) is 3.84. The summed E-state index contributed by atoms with van der Waals surface area (Å²) in [6.07, 6.45) is 7.18. The highest BCUT2D eigenvalue weighted by molar-refractivity contribution is 5.95. The predicted octanol–water partition coefficient (Wildman–Crippen LogP) is 2.22. The summed E-state index contributed by atoms with van der Waals surface area (Å²) in [5.41, 5.74) is 0.328. The lowest BCUT2D eigenvalue weighted by Gasteiger charge is -2.09. The maximum atomic E-state index is 11.9. The quantitative estimate of drug-likeness (QED) is 0.826. The molecule has 0 radical (unpaired) electrons. The van der Waals surface area contributed by atoms with Gasteiger partial charge in [-0.2, -0.15) is 0 Å². The van der Waals surface area contributed by atoms with Crippen LogP contribution in [-0.4, -0.2) is 23.5 Å². The van der Waals surface area contributed by atoms with E-state index in [2.05, 4.69) is 5.32 Å². The maximum absolute atomic E-state index is 11.9. The Morgan fingerprint density at radius 3 is 2.79 bits per heavy atom. The monoisotopic (exact) mass is 265 g/mol. The Balaban J connectivity index is 1.82. The van der Waals surface area contributed by atoms with Crippen molar-refractivity contribution in [1.29, 1.82) is 0 Å². The van der Waals surface area contributed by atoms with E-state index < -0.39 is 5.97 Å². The average Bonchev–Trinajstić information content (AvgIpc) is 2.99. The van der Waals surface area contributed by atoms with Gasteiger partial charge in [0.2, 0.25) is 0 Å². The van der Waals surface area contributed by atoms with Crippen LogP contribution in [0.2, 0.25) is 0 Å². The number of nitrogens with one attached hydrogen (secondary N) is 1. The normalized spacial score (nSPS) is 15.6. The Hall–Kier alpha value is -1.78. The standard InChI is InChI=1S/C14H19NO4/c16-13(17)9-12-11(6-8-19-12)14(18)15-7-5-10-3-1-2-4-10/h6,8,10H,1-5,7,9H2,(H,15,18)(H,16,17). The van der Waals surface area contributed by atoms with Gasteiger partial charge in [0.15, 0.2) is 0 Å². The molecule has 1 aromatic rings. The maximum Gasteiger partial charge on any atom is 0.311 e. The van der Waals surface area contributed by atoms with E-state index in [4.69, 9.17) is 9.52 Å². The Kier molecular flexibility index (Phi) is 4.60. The van der Waals surface area contributed by atoms with Crippen molar-refractivity contribution in [3.8, 4) is 0 Å². The number of hydrogen-bond acceptors (Lipinski definition) is 3. The molecule has 1 amide bonds. The van der Waals surface area contributed by atoms with Crippen molar-refractivity contribution >= 4 is 11.9 Å². The highest BCUT2D eigenvalue weighted by Gasteiger charge is 2.18. The van der Waals surface area contributed by atoms with Crippen molar-refractivity contribution in [2.75, 3.05) is 6.54 Å². The topological polar surface area (TPSA) is 79.5 Å². The second-order valence-corrected chi connectivity index (χ2v) is 5.02. The molecule has 0 spiro atoms. The van der Waals surface area contributed by atoms with Crippen LogP contribution in [0.1, 0.15) is 48.2 Å². The third-order valence-electron chi connectivity index (χ3n) is 3.61. The molecule has 1 aliphatic carbocycles. The Labute approximate surface area is 112 Å². The van der Waals surface area contributed by atoms with Crippen LogP contribution < -0.4 is 5.32 Å². The Bertz CT molecular complexity index is 446. The zero-order valence-electron chi connectivity index (χ0n) is 10.9. The third-order valence-corrected chi connectivity index (χ3v) is 3.61. The van der Waals surface area contributed by atoms with Gasteiger partial charge in [-0.05, 0) is 18.4 Å². The minimum Gasteiger partial charge on any atom is -0.481 e. The summed E-state index contributed by atoms with van der Waals surface area (Å²) in [6, 6.07) is 1.52. The highest BCUT2D eigenvalue weighted by atomic mass is 16.4. The lowest BCUT2D eigenvalue weighted by atomic mass is 10.0. The molecular weight excluding hydrogens is 246 g/mol. The minimum atomic E-state index is -1.00. The van der Waals surface area contributed by atoms with Crippen molar-refractivity contribution < 1.29 is 19.1 Å². The number of rotatable bonds is 6. The molecule has 0 atom stereocenters. The minimum absolute atomic E-state index is 0.214. The number of furan rings is 1. The Morgan fingerprint density at radius 2 is 2.11 bits per heavy atom. The molecule has 1 heterocycles. The molecule has 1 aromatic heterocycles. The average molecular weight is 265 g/mol. The number of carboxylic acids is 1. The van der Waals surface area contributed by atoms with Crippen LogP contribution in [0.4, 0.5) is 0 Å². The van der Waals surface area contributed by atoms with E-state index in [1.54, 1.807) is 0 Å². The molecule has 1 saturated carbocycles. The van der Waals surface area contributed by atoms with E-state index in [9.17, 15) is 9.59 Å². The van der Waals surface area contributed by atoms with Gasteiger partial charge in [-0.1, -0.05) is 25.7 Å². The van der Waals surface area contributed by atoms with Gasteiger partial charge in [-0.25, -0.2) is 0 Å². The van der Waals surface area contributed by atoms with Gasteiger partial charge in [-0.15, -0.1) is 0 Å². The summed E-state index contributed by atoms with van der Waals surface area (Å²) in [4.78, 5) is 22.6. The van der Waals surface area contributed by atoms with Gasteiger partial charge in [0.1, 0.15) is 12.2 Å². The fourth-order valence-corrected chi connectivity index (χ4v) is 2.60. The van der Waals surface area contributed by atoms with Crippen LogP contribution in [-0.2, 0) is 11.2 Å². The van der Waals surface area contributed by atoms with Gasteiger partial charge in [0.25, 0.3) is 5.91 Å². The van der Waals surface area contributed by atoms with Gasteiger partial charge in [0, 0.05) is 6.54 Å². The second kappa shape index (κ2) is 6.41. The first-order valence-electron chi connectivity index (χ1n) is 6.73. The second-order valence-electron chi connectivity index (χ2n) is 5.02. The molecule has 19 heavy (non-hydrogen) atoms. The summed E-state index contributed by atoms with van der Waals surface area (Å²) >= 11 is 0. The molecular formula is C14H19NO4. The molecule has 2 N–H and O–H groups in total. The van der Waals surface area contributed by atoms with Gasteiger partial charge in [-0.3, -0.25) is 9.59 Å². The van der Waals surface area contributed by atoms with Crippen LogP contribution in [0.15, 0.2) is 16.7 Å². The van der Waals surface area contributed by atoms with Gasteiger partial charge in [0.05, 0.1) is 11.8 Å². The summed E-state index contributed by atoms with van der Waals surface area (Å²) in [5, 5.41) is 11.6. The lowest BCUT2D eigenvalue weighted by molar-refractivity contribution is -0.136. The number of carbonyl (C=O) groups excluding carboxylic acids is 1. The van der Waals surface area contributed by atoms with E-state index in [1.165, 1.54) is 38.0 Å². The van der Waals surface area contributed by atoms with E-state index in [1.807, 2.05) is 0 Å². The molecule has 0 saturated heterocycles. The van der Waals surface area contributed by atoms with E-state index in [0.29, 0.717) is 12.1 Å². The van der Waals surface area contributed by atoms with Crippen LogP contribution in [0.5, 0.6) is 0 Å². The van der Waals surface area contributed by atoms with Crippen LogP contribution in [0, 0.1) is 5.92 Å². The summed E-state index contributed by atoms with van der Waals surface area (Å²) in [7, 11) is 0. The fourth-order valence-electron chi connectivity index (χ4n) is 2.60. The highest BCUT2D eigenvalue weighted by Crippen LogP contribution is 2.26. The molecule has 1 aliphatic rings. The van der Waals surface area contributed by atoms with Crippen LogP contribution >= 0.6 is 0 Å². The van der Waals surface area contributed by atoms with Gasteiger partial charge < -0.3 is 14.8 Å². The number of carboxylic acid groups (broad SMARTS) is 1. The summed E-state index contributed by atoms with van der Waals surface area (Å²) in [5.74, 6) is -0.313. The number of aliphatic carboxylic acids is 1. The van der Waals surface area contributed by atoms with Crippen LogP contribution in [0.25, 0.3) is 0 Å². The summed E-state index contributed by atoms with van der Waals surface area (Å²) < 4.78 is 5.03. The number of amides is 1. The van der Waals surface area contributed by atoms with E-state index in [-0.39, 0.29) is 18.1 Å². The van der Waals surface area contributed by atoms with Crippen molar-refractivity contribution in [3.63, 3.8) is 0 Å². The largest absolute Gasteiger partial charge is 0.481 e. The van der Waals surface area contributed by atoms with Crippen molar-refractivity contribution in [2.45, 2.75) is 38.5 Å². The first-order chi connectivity index (χ1) is 9.16. The lowest BCUT2D eigenvalue weighted by Crippen LogP contribution is -2.26. The molecule has 0 unspecified atom stereocenters. The molecule has 5 nitrogen and oxygen atoms in total. The molecule has 2 rings (SSSR count). The van der Waals surface area contributed by atoms with Crippen molar-refractivity contribution in [3.05, 3.63) is 23.7 Å². The molecule has 0 bridgehead atoms. The zero-order chi connectivity index (χ0) is 13.7. The first kappa shape index (κ1) is 13.6. The first-order valence-corrected chi connectivity index (χ1v) is 6.73. The fraction of sp³-hybridized carbons (Fsp3) is 0.571. The van der Waals surface area contributed by atoms with Gasteiger partial charge >= 0.3 is 5.97 Å². The molecule has 0 aromatic carbocycles. The van der Waals surface area contributed by atoms with Crippen LogP contribution in [0.3, 0.4) is 0 Å². The van der Waals surface area contributed by atoms with Crippen molar-refractivity contribution in [2.24, 2.45) is 5.92 Å². The van der Waals surface area contributed by atoms with E-state index in [0.717, 1.165) is 12.3 Å². The smallest absolute Gasteiger partial charge is 0.311 e. The zero-order valence-corrected chi connectivity index (χ0v) is 10.9. The molecule has 5 heteroatoms. The number of hydrogen-bond donors (Lipinski definition) is 2. The summed E-state index contributed by atoms with van der Waals surface area (Å²) in [6.45, 7) is 0.640. The number of carbonyl (C=O) groups is 2. The Morgan fingerprint density at radius 1 is 1.37 bits per heavy atom. The molecule has 1 fully saturated rings. The predicted molar refractivity (Wildman–Crippen MR) is 69.0 cm³/mol. The molecule has 0 aliphatic heterocycles. The van der Waals surface area contributed by atoms with E-state index >= 15 is 0 Å². The molecule has 104 valence electrons. The van der Waals surface area contributed by atoms with Crippen molar-refractivity contribution in [1.82, 2.24) is 5.32 Å². The SMILES string of the molecule is O=C(O)Cc1occc1C(=O)NCCC1CCCC1.